The molecule has 0 aromatic carbocycles. The molecule has 0 atom stereocenters. The molecule has 0 aromatic heterocycles. The Labute approximate surface area is 70.5 Å². The van der Waals surface area contributed by atoms with Gasteiger partial charge in [-0.1, -0.05) is 13.8 Å². The Morgan fingerprint density at radius 1 is 1.27 bits per heavy atom. The van der Waals surface area contributed by atoms with Gasteiger partial charge in [0.15, 0.2) is 0 Å². The molecular formula is C9H22N2. The first kappa shape index (κ1) is 10.9. The summed E-state index contributed by atoms with van der Waals surface area (Å²) in [6.07, 6.45) is 2.37. The maximum absolute atomic E-state index is 5.83. The summed E-state index contributed by atoms with van der Waals surface area (Å²) in [4.78, 5) is 0. The maximum atomic E-state index is 5.83. The number of nitrogens with one attached hydrogen (secondary N) is 1. The summed E-state index contributed by atoms with van der Waals surface area (Å²) in [6.45, 7) is 9.39. The van der Waals surface area contributed by atoms with Gasteiger partial charge in [0.25, 0.3) is 0 Å². The smallest absolute Gasteiger partial charge is 0.0223 e. The highest BCUT2D eigenvalue weighted by Crippen LogP contribution is 1.99. The van der Waals surface area contributed by atoms with Gasteiger partial charge in [-0.25, -0.2) is 0 Å². The zero-order chi connectivity index (χ0) is 8.91. The minimum Gasteiger partial charge on any atom is -0.324 e. The molecule has 3 N–H and O–H groups in total. The van der Waals surface area contributed by atoms with E-state index in [2.05, 4.69) is 19.2 Å². The number of rotatable bonds is 5. The molecule has 0 amide bonds. The van der Waals surface area contributed by atoms with Gasteiger partial charge in [0.1, 0.15) is 0 Å². The second-order valence-electron chi connectivity index (χ2n) is 3.88. The fourth-order valence-electron chi connectivity index (χ4n) is 0.985. The van der Waals surface area contributed by atoms with E-state index in [0.717, 1.165) is 6.54 Å². The van der Waals surface area contributed by atoms with Crippen molar-refractivity contribution in [3.63, 3.8) is 0 Å². The first-order valence-electron chi connectivity index (χ1n) is 4.52. The lowest BCUT2D eigenvalue weighted by atomic mass is 10.1. The average Bonchev–Trinajstić information content (AvgIpc) is 1.88. The predicted octanol–water partition coefficient (Wildman–Crippen LogP) is 1.50. The van der Waals surface area contributed by atoms with Crippen LogP contribution in [0.3, 0.4) is 0 Å². The normalized spacial score (nSPS) is 12.5. The van der Waals surface area contributed by atoms with Crippen molar-refractivity contribution in [1.29, 1.82) is 0 Å². The molecule has 0 saturated heterocycles. The fraction of sp³-hybridized carbons (Fsp3) is 1.00. The van der Waals surface area contributed by atoms with Crippen molar-refractivity contribution in [3.8, 4) is 0 Å². The maximum Gasteiger partial charge on any atom is 0.0223 e. The predicted molar refractivity (Wildman–Crippen MR) is 50.6 cm³/mol. The van der Waals surface area contributed by atoms with Crippen molar-refractivity contribution in [2.45, 2.75) is 52.1 Å². The van der Waals surface area contributed by atoms with Gasteiger partial charge in [-0.2, -0.15) is 0 Å². The number of hydrogen-bond donors (Lipinski definition) is 2. The van der Waals surface area contributed by atoms with Crippen LogP contribution < -0.4 is 11.1 Å². The summed E-state index contributed by atoms with van der Waals surface area (Å²) in [6, 6.07) is 0.637. The van der Waals surface area contributed by atoms with Gasteiger partial charge < -0.3 is 11.1 Å². The summed E-state index contributed by atoms with van der Waals surface area (Å²) in [5.41, 5.74) is 5.75. The summed E-state index contributed by atoms with van der Waals surface area (Å²) >= 11 is 0. The van der Waals surface area contributed by atoms with Gasteiger partial charge in [-0.15, -0.1) is 0 Å². The van der Waals surface area contributed by atoms with E-state index in [1.54, 1.807) is 0 Å². The highest BCUT2D eigenvalue weighted by Gasteiger charge is 2.11. The molecule has 0 aromatic rings. The molecule has 68 valence electrons. The Balaban J connectivity index is 3.51. The first-order chi connectivity index (χ1) is 4.99. The Bertz CT molecular complexity index is 90.2. The molecule has 0 fully saturated rings. The first-order valence-corrected chi connectivity index (χ1v) is 4.52. The SMILES string of the molecule is CCC(CC)NCC(C)(C)N. The van der Waals surface area contributed by atoms with Crippen LogP contribution in [-0.2, 0) is 0 Å². The minimum absolute atomic E-state index is 0.0808. The Kier molecular flexibility index (Phi) is 4.69. The van der Waals surface area contributed by atoms with Crippen LogP contribution >= 0.6 is 0 Å². The minimum atomic E-state index is -0.0808. The average molecular weight is 158 g/mol. The molecule has 0 aliphatic heterocycles. The van der Waals surface area contributed by atoms with E-state index in [-0.39, 0.29) is 5.54 Å². The van der Waals surface area contributed by atoms with Crippen molar-refractivity contribution in [3.05, 3.63) is 0 Å². The van der Waals surface area contributed by atoms with E-state index in [1.165, 1.54) is 12.8 Å². The third-order valence-electron chi connectivity index (χ3n) is 1.83. The van der Waals surface area contributed by atoms with Crippen LogP contribution in [0, 0.1) is 0 Å². The van der Waals surface area contributed by atoms with Gasteiger partial charge in [-0.05, 0) is 26.7 Å². The molecule has 0 rings (SSSR count). The lowest BCUT2D eigenvalue weighted by Crippen LogP contribution is -2.46. The van der Waals surface area contributed by atoms with E-state index in [0.29, 0.717) is 6.04 Å². The van der Waals surface area contributed by atoms with Crippen molar-refractivity contribution >= 4 is 0 Å². The van der Waals surface area contributed by atoms with Crippen LogP contribution in [-0.4, -0.2) is 18.1 Å². The zero-order valence-electron chi connectivity index (χ0n) is 8.28. The second-order valence-corrected chi connectivity index (χ2v) is 3.88. The molecule has 0 saturated carbocycles. The summed E-state index contributed by atoms with van der Waals surface area (Å²) in [7, 11) is 0. The standard InChI is InChI=1S/C9H22N2/c1-5-8(6-2)11-7-9(3,4)10/h8,11H,5-7,10H2,1-4H3. The van der Waals surface area contributed by atoms with Crippen LogP contribution in [0.15, 0.2) is 0 Å². The lowest BCUT2D eigenvalue weighted by Gasteiger charge is -2.23. The monoisotopic (exact) mass is 158 g/mol. The highest BCUT2D eigenvalue weighted by molar-refractivity contribution is 4.77. The van der Waals surface area contributed by atoms with Crippen LogP contribution in [0.1, 0.15) is 40.5 Å². The van der Waals surface area contributed by atoms with Crippen molar-refractivity contribution in [2.75, 3.05) is 6.54 Å². The van der Waals surface area contributed by atoms with E-state index in [1.807, 2.05) is 13.8 Å². The Morgan fingerprint density at radius 2 is 1.73 bits per heavy atom. The zero-order valence-corrected chi connectivity index (χ0v) is 8.28. The van der Waals surface area contributed by atoms with Crippen LogP contribution in [0.25, 0.3) is 0 Å². The molecule has 0 spiro atoms. The molecule has 0 aliphatic carbocycles. The molecule has 0 radical (unpaired) electrons. The van der Waals surface area contributed by atoms with E-state index in [4.69, 9.17) is 5.73 Å². The topological polar surface area (TPSA) is 38.0 Å². The van der Waals surface area contributed by atoms with E-state index >= 15 is 0 Å². The summed E-state index contributed by atoms with van der Waals surface area (Å²) in [5.74, 6) is 0. The Morgan fingerprint density at radius 3 is 2.00 bits per heavy atom. The molecule has 0 bridgehead atoms. The third kappa shape index (κ3) is 6.32. The Hall–Kier alpha value is -0.0800. The molecule has 0 unspecified atom stereocenters. The third-order valence-corrected chi connectivity index (χ3v) is 1.83. The van der Waals surface area contributed by atoms with Crippen molar-refractivity contribution in [2.24, 2.45) is 5.73 Å². The lowest BCUT2D eigenvalue weighted by molar-refractivity contribution is 0.403. The fourth-order valence-corrected chi connectivity index (χ4v) is 0.985. The molecular weight excluding hydrogens is 136 g/mol. The number of hydrogen-bond acceptors (Lipinski definition) is 2. The summed E-state index contributed by atoms with van der Waals surface area (Å²) in [5, 5.41) is 3.43. The highest BCUT2D eigenvalue weighted by atomic mass is 15.0. The van der Waals surface area contributed by atoms with Gasteiger partial charge in [0, 0.05) is 18.1 Å². The quantitative estimate of drug-likeness (QED) is 0.636. The van der Waals surface area contributed by atoms with Crippen LogP contribution in [0.2, 0.25) is 0 Å². The molecule has 11 heavy (non-hydrogen) atoms. The van der Waals surface area contributed by atoms with Gasteiger partial charge in [0.05, 0.1) is 0 Å². The van der Waals surface area contributed by atoms with Crippen molar-refractivity contribution < 1.29 is 0 Å². The van der Waals surface area contributed by atoms with E-state index in [9.17, 15) is 0 Å². The van der Waals surface area contributed by atoms with Crippen LogP contribution in [0.4, 0.5) is 0 Å². The molecule has 0 heterocycles. The van der Waals surface area contributed by atoms with Crippen molar-refractivity contribution in [1.82, 2.24) is 5.32 Å². The number of nitrogens with two attached hydrogens (primary N) is 1. The van der Waals surface area contributed by atoms with Gasteiger partial charge >= 0.3 is 0 Å². The largest absolute Gasteiger partial charge is 0.324 e. The molecule has 2 nitrogen and oxygen atoms in total. The van der Waals surface area contributed by atoms with Crippen LogP contribution in [0.5, 0.6) is 0 Å². The van der Waals surface area contributed by atoms with E-state index < -0.39 is 0 Å². The molecule has 2 heteroatoms. The van der Waals surface area contributed by atoms with Gasteiger partial charge in [0.2, 0.25) is 0 Å². The summed E-state index contributed by atoms with van der Waals surface area (Å²) < 4.78 is 0. The van der Waals surface area contributed by atoms with Gasteiger partial charge in [-0.3, -0.25) is 0 Å². The molecule has 0 aliphatic rings. The second kappa shape index (κ2) is 4.73.